The maximum Gasteiger partial charge on any atom is 0.407 e. The summed E-state index contributed by atoms with van der Waals surface area (Å²) in [6.45, 7) is 2.31. The molecule has 4 N–H and O–H groups in total. The predicted octanol–water partition coefficient (Wildman–Crippen LogP) is -0.690. The van der Waals surface area contributed by atoms with Crippen molar-refractivity contribution in [2.45, 2.75) is 69.5 Å². The molecule has 13 nitrogen and oxygen atoms in total. The van der Waals surface area contributed by atoms with Crippen molar-refractivity contribution in [2.24, 2.45) is 11.8 Å². The fourth-order valence-corrected chi connectivity index (χ4v) is 5.68. The summed E-state index contributed by atoms with van der Waals surface area (Å²) < 4.78 is 15.5. The Balaban J connectivity index is 1.57. The molecule has 1 saturated heterocycles. The zero-order valence-electron chi connectivity index (χ0n) is 23.6. The molecular weight excluding hydrogens is 543 g/mol. The number of hydrogen-bond donors (Lipinski definition) is 4. The van der Waals surface area contributed by atoms with Crippen molar-refractivity contribution in [3.05, 3.63) is 0 Å². The van der Waals surface area contributed by atoms with Crippen molar-refractivity contribution in [1.29, 1.82) is 0 Å². The molecule has 2 fully saturated rings. The van der Waals surface area contributed by atoms with Crippen LogP contribution in [-0.2, 0) is 33.4 Å². The van der Waals surface area contributed by atoms with Crippen LogP contribution < -0.4 is 15.9 Å². The van der Waals surface area contributed by atoms with E-state index < -0.39 is 23.7 Å². The number of nitrogens with zero attached hydrogens (tertiary/aromatic N) is 1. The molecule has 1 aliphatic heterocycles. The van der Waals surface area contributed by atoms with Crippen molar-refractivity contribution in [2.75, 3.05) is 45.7 Å². The number of carbonyl (C=O) groups excluding carboxylic acids is 5. The van der Waals surface area contributed by atoms with Gasteiger partial charge in [-0.05, 0) is 38.0 Å². The molecule has 3 atom stereocenters. The molecule has 40 heavy (non-hydrogen) atoms. The maximum absolute atomic E-state index is 12.8. The maximum atomic E-state index is 12.8. The SMILES string of the molecule is BNC(=O)C1CCC(CN2C(=O)CC(SCCNC(=O)CCNC(=O)OCC(OC)OC(CC)CO)C2=O)CC1. The molecule has 3 unspecified atom stereocenters. The largest absolute Gasteiger partial charge is 0.444 e. The van der Waals surface area contributed by atoms with Crippen LogP contribution in [0.3, 0.4) is 0 Å². The predicted molar refractivity (Wildman–Crippen MR) is 150 cm³/mol. The third kappa shape index (κ3) is 11.3. The molecule has 2 aliphatic rings. The molecule has 1 aliphatic carbocycles. The lowest BCUT2D eigenvalue weighted by Gasteiger charge is -2.30. The highest BCUT2D eigenvalue weighted by molar-refractivity contribution is 8.00. The van der Waals surface area contributed by atoms with Crippen LogP contribution in [-0.4, -0.2) is 111 Å². The number of aliphatic hydroxyl groups is 1. The van der Waals surface area contributed by atoms with Crippen molar-refractivity contribution >= 4 is 49.5 Å². The lowest BCUT2D eigenvalue weighted by molar-refractivity contribution is -0.181. The summed E-state index contributed by atoms with van der Waals surface area (Å²) in [7, 11) is 3.04. The number of likely N-dealkylation sites (tertiary alicyclic amines) is 1. The number of thioether (sulfide) groups is 1. The number of hydrogen-bond acceptors (Lipinski definition) is 10. The van der Waals surface area contributed by atoms with E-state index >= 15 is 0 Å². The number of nitrogens with one attached hydrogen (secondary N) is 3. The second kappa shape index (κ2) is 18.2. The first-order valence-electron chi connectivity index (χ1n) is 13.9. The lowest BCUT2D eigenvalue weighted by Crippen LogP contribution is -2.38. The molecule has 0 spiro atoms. The molecule has 1 heterocycles. The Kier molecular flexibility index (Phi) is 15.4. The summed E-state index contributed by atoms with van der Waals surface area (Å²) in [5.41, 5.74) is 0. The van der Waals surface area contributed by atoms with E-state index in [4.69, 9.17) is 14.2 Å². The lowest BCUT2D eigenvalue weighted by atomic mass is 9.81. The Morgan fingerprint density at radius 3 is 2.50 bits per heavy atom. The van der Waals surface area contributed by atoms with Gasteiger partial charge in [-0.15, -0.1) is 11.8 Å². The number of ether oxygens (including phenoxy) is 3. The zero-order chi connectivity index (χ0) is 29.5. The van der Waals surface area contributed by atoms with Gasteiger partial charge in [0.05, 0.1) is 18.0 Å². The first-order valence-corrected chi connectivity index (χ1v) is 14.9. The summed E-state index contributed by atoms with van der Waals surface area (Å²) in [6.07, 6.45) is 1.99. The van der Waals surface area contributed by atoms with E-state index in [0.29, 0.717) is 25.3 Å². The Labute approximate surface area is 240 Å². The Morgan fingerprint density at radius 2 is 1.88 bits per heavy atom. The number of carbonyl (C=O) groups is 5. The van der Waals surface area contributed by atoms with E-state index in [1.165, 1.54) is 23.8 Å². The molecule has 5 amide bonds. The molecule has 0 aromatic rings. The molecule has 2 rings (SSSR count). The number of aliphatic hydroxyl groups excluding tert-OH is 1. The normalized spacial score (nSPS) is 22.5. The average Bonchev–Trinajstić information content (AvgIpc) is 3.22. The van der Waals surface area contributed by atoms with Crippen molar-refractivity contribution in [3.8, 4) is 0 Å². The first-order chi connectivity index (χ1) is 19.2. The average molecular weight is 587 g/mol. The molecule has 226 valence electrons. The summed E-state index contributed by atoms with van der Waals surface area (Å²) >= 11 is 1.35. The minimum absolute atomic E-state index is 0.00899. The molecule has 0 aromatic heterocycles. The van der Waals surface area contributed by atoms with Crippen LogP contribution >= 0.6 is 11.8 Å². The van der Waals surface area contributed by atoms with E-state index in [0.717, 1.165) is 25.7 Å². The van der Waals surface area contributed by atoms with Gasteiger partial charge in [0.15, 0.2) is 6.29 Å². The van der Waals surface area contributed by atoms with Crippen LogP contribution in [0.25, 0.3) is 0 Å². The third-order valence-electron chi connectivity index (χ3n) is 7.09. The number of imide groups is 1. The highest BCUT2D eigenvalue weighted by atomic mass is 32.2. The van der Waals surface area contributed by atoms with Crippen molar-refractivity contribution in [3.63, 3.8) is 0 Å². The summed E-state index contributed by atoms with van der Waals surface area (Å²) in [5, 5.41) is 16.6. The third-order valence-corrected chi connectivity index (χ3v) is 8.30. The van der Waals surface area contributed by atoms with Crippen LogP contribution in [0.4, 0.5) is 4.79 Å². The van der Waals surface area contributed by atoms with Crippen LogP contribution in [0.2, 0.25) is 0 Å². The quantitative estimate of drug-likeness (QED) is 0.0740. The van der Waals surface area contributed by atoms with E-state index in [2.05, 4.69) is 15.9 Å². The van der Waals surface area contributed by atoms with Gasteiger partial charge in [-0.25, -0.2) is 4.79 Å². The van der Waals surface area contributed by atoms with Crippen molar-refractivity contribution in [1.82, 2.24) is 20.8 Å². The molecule has 0 bridgehead atoms. The second-order valence-electron chi connectivity index (χ2n) is 9.88. The molecular formula is C25H43BN4O9S. The highest BCUT2D eigenvalue weighted by Crippen LogP contribution is 2.32. The second-order valence-corrected chi connectivity index (χ2v) is 11.2. The summed E-state index contributed by atoms with van der Waals surface area (Å²) in [5.74, 6) is 0.139. The monoisotopic (exact) mass is 586 g/mol. The Bertz CT molecular complexity index is 856. The highest BCUT2D eigenvalue weighted by Gasteiger charge is 2.40. The molecule has 0 radical (unpaired) electrons. The fourth-order valence-electron chi connectivity index (χ4n) is 4.64. The van der Waals surface area contributed by atoms with Crippen LogP contribution in [0.5, 0.6) is 0 Å². The van der Waals surface area contributed by atoms with Gasteiger partial charge in [0, 0.05) is 51.3 Å². The Morgan fingerprint density at radius 1 is 1.15 bits per heavy atom. The van der Waals surface area contributed by atoms with Crippen molar-refractivity contribution < 1.29 is 43.3 Å². The first kappa shape index (κ1) is 33.8. The smallest absolute Gasteiger partial charge is 0.407 e. The van der Waals surface area contributed by atoms with Crippen LogP contribution in [0, 0.1) is 11.8 Å². The van der Waals surface area contributed by atoms with Gasteiger partial charge in [0.1, 0.15) is 6.61 Å². The van der Waals surface area contributed by atoms with E-state index in [-0.39, 0.29) is 68.1 Å². The number of amides is 5. The van der Waals surface area contributed by atoms with E-state index in [9.17, 15) is 29.1 Å². The van der Waals surface area contributed by atoms with E-state index in [1.807, 2.05) is 6.92 Å². The van der Waals surface area contributed by atoms with Gasteiger partial charge in [0.25, 0.3) is 0 Å². The zero-order valence-corrected chi connectivity index (χ0v) is 24.5. The summed E-state index contributed by atoms with van der Waals surface area (Å²) in [4.78, 5) is 62.3. The standard InChI is InChI=1S/C25H43BN4O9S/c1-3-18(14-31)39-22(37-2)15-38-25(36)28-9-8-20(32)27-10-11-40-19-12-21(33)30(24(19)35)13-16-4-6-17(7-5-16)23(34)29-26/h16-19,22,31H,3-15,26H2,1-2H3,(H,27,32)(H,28,36)(H,29,34). The van der Waals surface area contributed by atoms with Gasteiger partial charge in [-0.2, -0.15) is 0 Å². The van der Waals surface area contributed by atoms with Gasteiger partial charge in [-0.1, -0.05) is 6.92 Å². The fraction of sp³-hybridized carbons (Fsp3) is 0.800. The van der Waals surface area contributed by atoms with Gasteiger partial charge in [-0.3, -0.25) is 24.1 Å². The van der Waals surface area contributed by atoms with Gasteiger partial charge in [0.2, 0.25) is 31.6 Å². The number of methoxy groups -OCH3 is 1. The Hall–Kier alpha value is -2.36. The molecule has 0 aromatic carbocycles. The minimum atomic E-state index is -0.812. The van der Waals surface area contributed by atoms with E-state index in [1.54, 1.807) is 7.98 Å². The minimum Gasteiger partial charge on any atom is -0.444 e. The molecule has 1 saturated carbocycles. The van der Waals surface area contributed by atoms with Crippen LogP contribution in [0.15, 0.2) is 0 Å². The summed E-state index contributed by atoms with van der Waals surface area (Å²) in [6, 6.07) is 0. The van der Waals surface area contributed by atoms with Gasteiger partial charge < -0.3 is 35.2 Å². The topological polar surface area (TPSA) is 173 Å². The van der Waals surface area contributed by atoms with Gasteiger partial charge >= 0.3 is 6.09 Å². The number of rotatable bonds is 17. The molecule has 15 heteroatoms. The van der Waals surface area contributed by atoms with Crippen LogP contribution in [0.1, 0.15) is 51.9 Å². The number of alkyl carbamates (subject to hydrolysis) is 1.